The lowest BCUT2D eigenvalue weighted by Crippen LogP contribution is -2.22. The van der Waals surface area contributed by atoms with Crippen LogP contribution in [-0.4, -0.2) is 17.5 Å². The van der Waals surface area contributed by atoms with Crippen LogP contribution in [0, 0.1) is 0 Å². The third kappa shape index (κ3) is 5.27. The molecule has 0 radical (unpaired) electrons. The molecule has 3 aromatic rings. The van der Waals surface area contributed by atoms with Crippen LogP contribution in [0.1, 0.15) is 26.3 Å². The van der Waals surface area contributed by atoms with Crippen molar-refractivity contribution in [1.82, 2.24) is 0 Å². The molecule has 0 fully saturated rings. The van der Waals surface area contributed by atoms with E-state index in [9.17, 15) is 17.5 Å². The van der Waals surface area contributed by atoms with Crippen LogP contribution in [0.15, 0.2) is 82.6 Å². The monoisotopic (exact) mass is 446 g/mol. The summed E-state index contributed by atoms with van der Waals surface area (Å²) < 4.78 is 42.2. The Kier molecular flexibility index (Phi) is 6.82. The Bertz CT molecular complexity index is 1000. The average Bonchev–Trinajstić information content (AvgIpc) is 2.68. The number of hydrogen-bond donors (Lipinski definition) is 2. The second kappa shape index (κ2) is 8.99. The second-order valence-corrected chi connectivity index (χ2v) is 11.8. The predicted molar refractivity (Wildman–Crippen MR) is 122 cm³/mol. The molecule has 0 aliphatic rings. The molecule has 7 heteroatoms. The average molecular weight is 447 g/mol. The van der Waals surface area contributed by atoms with Gasteiger partial charge >= 0.3 is 0 Å². The number of benzene rings is 3. The molecule has 3 aromatic carbocycles. The van der Waals surface area contributed by atoms with Crippen LogP contribution in [0.3, 0.4) is 0 Å². The van der Waals surface area contributed by atoms with Crippen LogP contribution >= 0.6 is 7.92 Å². The van der Waals surface area contributed by atoms with Gasteiger partial charge in [-0.15, -0.1) is 0 Å². The topological polar surface area (TPSA) is 74.6 Å². The SMILES string of the molecule is CC(C)(C)c1ccc(P(c2cccc(S(=O)O)c2)c2cccc(S(=O)O)c2)cc1. The molecule has 152 valence electrons. The molecule has 0 spiro atoms. The molecule has 2 atom stereocenters. The summed E-state index contributed by atoms with van der Waals surface area (Å²) in [7, 11) is -1.07. The molecule has 4 nitrogen and oxygen atoms in total. The summed E-state index contributed by atoms with van der Waals surface area (Å²) in [5, 5.41) is 2.88. The first kappa shape index (κ1) is 22.0. The second-order valence-electron chi connectivity index (χ2n) is 7.63. The van der Waals surface area contributed by atoms with E-state index < -0.39 is 30.1 Å². The molecule has 0 aliphatic carbocycles. The minimum Gasteiger partial charge on any atom is -0.302 e. The molecule has 2 N–H and O–H groups in total. The summed E-state index contributed by atoms with van der Waals surface area (Å²) in [5.74, 6) is 0. The zero-order valence-corrected chi connectivity index (χ0v) is 18.9. The van der Waals surface area contributed by atoms with Crippen LogP contribution in [0.25, 0.3) is 0 Å². The van der Waals surface area contributed by atoms with Crippen molar-refractivity contribution in [2.45, 2.75) is 36.0 Å². The minimum atomic E-state index is -2.07. The molecule has 0 bridgehead atoms. The van der Waals surface area contributed by atoms with Crippen molar-refractivity contribution in [2.75, 3.05) is 0 Å². The molecule has 0 aliphatic heterocycles. The van der Waals surface area contributed by atoms with Crippen LogP contribution in [0.4, 0.5) is 0 Å². The Morgan fingerprint density at radius 3 is 1.52 bits per heavy atom. The van der Waals surface area contributed by atoms with Crippen molar-refractivity contribution < 1.29 is 17.5 Å². The fraction of sp³-hybridized carbons (Fsp3) is 0.182. The fourth-order valence-corrected chi connectivity index (χ4v) is 6.39. The van der Waals surface area contributed by atoms with Gasteiger partial charge in [0.1, 0.15) is 0 Å². The standard InChI is InChI=1S/C22H23O4PS2/c1-22(2,3)16-10-12-17(13-11-16)27(18-6-4-8-20(14-18)28(23)24)19-7-5-9-21(15-19)29(25)26/h4-15H,1-3H3,(H,23,24)(H,25,26). The van der Waals surface area contributed by atoms with E-state index in [0.29, 0.717) is 9.79 Å². The lowest BCUT2D eigenvalue weighted by atomic mass is 9.87. The highest BCUT2D eigenvalue weighted by Gasteiger charge is 2.20. The van der Waals surface area contributed by atoms with Crippen molar-refractivity contribution in [3.05, 3.63) is 78.4 Å². The Morgan fingerprint density at radius 2 is 1.14 bits per heavy atom. The summed E-state index contributed by atoms with van der Waals surface area (Å²) in [6, 6.07) is 22.5. The van der Waals surface area contributed by atoms with E-state index in [0.717, 1.165) is 15.9 Å². The largest absolute Gasteiger partial charge is 0.302 e. The molecule has 0 saturated heterocycles. The number of rotatable bonds is 5. The van der Waals surface area contributed by atoms with Crippen molar-refractivity contribution in [1.29, 1.82) is 0 Å². The Balaban J connectivity index is 2.17. The molecule has 0 amide bonds. The minimum absolute atomic E-state index is 0.0305. The fourth-order valence-electron chi connectivity index (χ4n) is 3.02. The van der Waals surface area contributed by atoms with Crippen molar-refractivity contribution >= 4 is 46.0 Å². The van der Waals surface area contributed by atoms with Crippen molar-refractivity contribution in [3.63, 3.8) is 0 Å². The molecule has 2 unspecified atom stereocenters. The van der Waals surface area contributed by atoms with Crippen LogP contribution < -0.4 is 15.9 Å². The summed E-state index contributed by atoms with van der Waals surface area (Å²) in [5.41, 5.74) is 1.24. The van der Waals surface area contributed by atoms with Gasteiger partial charge in [-0.3, -0.25) is 0 Å². The highest BCUT2D eigenvalue weighted by atomic mass is 32.2. The normalized spacial score (nSPS) is 14.9. The van der Waals surface area contributed by atoms with E-state index in [1.807, 2.05) is 12.1 Å². The highest BCUT2D eigenvalue weighted by Crippen LogP contribution is 2.34. The lowest BCUT2D eigenvalue weighted by Gasteiger charge is -2.23. The van der Waals surface area contributed by atoms with Crippen LogP contribution in [-0.2, 0) is 27.6 Å². The maximum atomic E-state index is 11.6. The van der Waals surface area contributed by atoms with E-state index in [1.54, 1.807) is 36.4 Å². The first-order chi connectivity index (χ1) is 13.7. The molecule has 0 heterocycles. The molecule has 0 saturated carbocycles. The van der Waals surface area contributed by atoms with Gasteiger partial charge in [0.25, 0.3) is 0 Å². The van der Waals surface area contributed by atoms with E-state index in [-0.39, 0.29) is 5.41 Å². The molecular weight excluding hydrogens is 423 g/mol. The van der Waals surface area contributed by atoms with Gasteiger partial charge in [0.2, 0.25) is 0 Å². The van der Waals surface area contributed by atoms with E-state index in [4.69, 9.17) is 0 Å². The van der Waals surface area contributed by atoms with E-state index in [2.05, 4.69) is 45.0 Å². The first-order valence-corrected chi connectivity index (χ1v) is 12.5. The smallest absolute Gasteiger partial charge is 0.186 e. The van der Waals surface area contributed by atoms with Crippen LogP contribution in [0.5, 0.6) is 0 Å². The zero-order valence-electron chi connectivity index (χ0n) is 16.4. The molecular formula is C22H23O4PS2. The van der Waals surface area contributed by atoms with Gasteiger partial charge < -0.3 is 9.11 Å². The summed E-state index contributed by atoms with van der Waals surface area (Å²) in [4.78, 5) is 0.673. The van der Waals surface area contributed by atoms with Crippen molar-refractivity contribution in [2.24, 2.45) is 0 Å². The van der Waals surface area contributed by atoms with Crippen molar-refractivity contribution in [3.8, 4) is 0 Å². The van der Waals surface area contributed by atoms with Gasteiger partial charge in [0.15, 0.2) is 22.2 Å². The van der Waals surface area contributed by atoms with E-state index >= 15 is 0 Å². The maximum Gasteiger partial charge on any atom is 0.186 e. The molecule has 0 aromatic heterocycles. The Morgan fingerprint density at radius 1 is 0.690 bits per heavy atom. The van der Waals surface area contributed by atoms with Gasteiger partial charge in [-0.1, -0.05) is 69.3 Å². The first-order valence-electron chi connectivity index (χ1n) is 8.99. The van der Waals surface area contributed by atoms with Gasteiger partial charge in [-0.25, -0.2) is 8.42 Å². The van der Waals surface area contributed by atoms with Gasteiger partial charge in [0, 0.05) is 0 Å². The molecule has 29 heavy (non-hydrogen) atoms. The van der Waals surface area contributed by atoms with Gasteiger partial charge in [-0.2, -0.15) is 0 Å². The predicted octanol–water partition coefficient (Wildman–Crippen LogP) is 3.90. The zero-order chi connectivity index (χ0) is 21.2. The maximum absolute atomic E-state index is 11.6. The summed E-state index contributed by atoms with van der Waals surface area (Å²) in [6.45, 7) is 6.47. The Labute approximate surface area is 177 Å². The quantitative estimate of drug-likeness (QED) is 0.460. The Hall–Kier alpha value is -1.69. The lowest BCUT2D eigenvalue weighted by molar-refractivity contribution is 0.563. The summed E-state index contributed by atoms with van der Waals surface area (Å²) >= 11 is -4.15. The van der Waals surface area contributed by atoms with Gasteiger partial charge in [0.05, 0.1) is 9.79 Å². The van der Waals surface area contributed by atoms with E-state index in [1.165, 1.54) is 5.56 Å². The number of hydrogen-bond acceptors (Lipinski definition) is 2. The summed E-state index contributed by atoms with van der Waals surface area (Å²) in [6.07, 6.45) is 0. The highest BCUT2D eigenvalue weighted by molar-refractivity contribution is 7.81. The third-order valence-electron chi connectivity index (χ3n) is 4.55. The van der Waals surface area contributed by atoms with Gasteiger partial charge in [-0.05, 0) is 59.1 Å². The van der Waals surface area contributed by atoms with Crippen LogP contribution in [0.2, 0.25) is 0 Å². The molecule has 3 rings (SSSR count). The third-order valence-corrected chi connectivity index (χ3v) is 8.26.